The number of benzene rings is 2. The number of hydrogen-bond donors (Lipinski definition) is 0. The normalized spacial score (nSPS) is 17.0. The van der Waals surface area contributed by atoms with E-state index in [1.165, 1.54) is 0 Å². The van der Waals surface area contributed by atoms with Crippen LogP contribution in [0.25, 0.3) is 12.2 Å². The highest BCUT2D eigenvalue weighted by Gasteiger charge is 2.26. The van der Waals surface area contributed by atoms with Gasteiger partial charge in [0.1, 0.15) is 23.0 Å². The van der Waals surface area contributed by atoms with Crippen molar-refractivity contribution in [3.8, 4) is 23.0 Å². The summed E-state index contributed by atoms with van der Waals surface area (Å²) in [6, 6.07) is 11.2. The predicted octanol–water partition coefficient (Wildman–Crippen LogP) is 4.48. The Hall–Kier alpha value is -3.25. The molecule has 0 atom stereocenters. The quantitative estimate of drug-likeness (QED) is 0.568. The molecule has 0 aliphatic carbocycles. The number of nitrogens with zero attached hydrogens (tertiary/aromatic N) is 1. The summed E-state index contributed by atoms with van der Waals surface area (Å²) >= 11 is 0. The van der Waals surface area contributed by atoms with Crippen LogP contribution in [0.15, 0.2) is 47.5 Å². The first-order chi connectivity index (χ1) is 15.5. The van der Waals surface area contributed by atoms with E-state index in [0.29, 0.717) is 36.1 Å². The van der Waals surface area contributed by atoms with Gasteiger partial charge in [-0.25, -0.2) is 0 Å². The number of hydrogen-bond acceptors (Lipinski definition) is 6. The van der Waals surface area contributed by atoms with Crippen molar-refractivity contribution >= 4 is 17.9 Å². The van der Waals surface area contributed by atoms with Crippen LogP contribution < -0.4 is 18.9 Å². The molecule has 0 radical (unpaired) electrons. The summed E-state index contributed by atoms with van der Waals surface area (Å²) in [5.74, 6) is 2.78. The van der Waals surface area contributed by atoms with Gasteiger partial charge in [0.15, 0.2) is 5.78 Å². The summed E-state index contributed by atoms with van der Waals surface area (Å²) in [6.45, 7) is 4.24. The SMILES string of the molecule is CCCN1C/C(=C\c2ccc(OC)cc2OC)C(=O)/C(=C/c2ccc(OC)cc2OC)C1. The number of piperidine rings is 1. The summed E-state index contributed by atoms with van der Waals surface area (Å²) in [5, 5.41) is 0. The highest BCUT2D eigenvalue weighted by Crippen LogP contribution is 2.31. The van der Waals surface area contributed by atoms with Crippen molar-refractivity contribution in [1.82, 2.24) is 4.90 Å². The fraction of sp³-hybridized carbons (Fsp3) is 0.346. The molecule has 1 fully saturated rings. The molecular formula is C26H31NO5. The van der Waals surface area contributed by atoms with Crippen molar-refractivity contribution in [2.24, 2.45) is 0 Å². The van der Waals surface area contributed by atoms with E-state index in [1.54, 1.807) is 28.4 Å². The van der Waals surface area contributed by atoms with Gasteiger partial charge in [0, 0.05) is 47.5 Å². The largest absolute Gasteiger partial charge is 0.497 e. The lowest BCUT2D eigenvalue weighted by Crippen LogP contribution is -2.38. The van der Waals surface area contributed by atoms with E-state index in [0.717, 1.165) is 35.2 Å². The molecule has 3 rings (SSSR count). The Balaban J connectivity index is 2.02. The maximum atomic E-state index is 13.4. The van der Waals surface area contributed by atoms with Crippen LogP contribution in [0.2, 0.25) is 0 Å². The van der Waals surface area contributed by atoms with Gasteiger partial charge in [0.05, 0.1) is 28.4 Å². The predicted molar refractivity (Wildman–Crippen MR) is 127 cm³/mol. The van der Waals surface area contributed by atoms with Crippen molar-refractivity contribution in [3.63, 3.8) is 0 Å². The molecule has 170 valence electrons. The lowest BCUT2D eigenvalue weighted by molar-refractivity contribution is -0.113. The van der Waals surface area contributed by atoms with E-state index < -0.39 is 0 Å². The highest BCUT2D eigenvalue weighted by molar-refractivity contribution is 6.14. The first kappa shape index (κ1) is 23.4. The number of ketones is 1. The van der Waals surface area contributed by atoms with Crippen LogP contribution >= 0.6 is 0 Å². The molecule has 0 unspecified atom stereocenters. The van der Waals surface area contributed by atoms with Crippen molar-refractivity contribution < 1.29 is 23.7 Å². The maximum Gasteiger partial charge on any atom is 0.187 e. The topological polar surface area (TPSA) is 57.2 Å². The zero-order valence-electron chi connectivity index (χ0n) is 19.4. The third kappa shape index (κ3) is 5.32. The fourth-order valence-corrected chi connectivity index (χ4v) is 3.84. The van der Waals surface area contributed by atoms with E-state index in [-0.39, 0.29) is 5.78 Å². The van der Waals surface area contributed by atoms with Gasteiger partial charge in [-0.2, -0.15) is 0 Å². The van der Waals surface area contributed by atoms with Crippen LogP contribution in [0.1, 0.15) is 24.5 Å². The van der Waals surface area contributed by atoms with Crippen LogP contribution in [0.3, 0.4) is 0 Å². The minimum atomic E-state index is 0.0353. The van der Waals surface area contributed by atoms with Gasteiger partial charge < -0.3 is 18.9 Å². The number of Topliss-reactive ketones (excluding diaryl/α,β-unsaturated/α-hetero) is 1. The standard InChI is InChI=1S/C26H31NO5/c1-6-11-27-16-20(12-18-7-9-22(29-2)14-24(18)31-4)26(28)21(17-27)13-19-8-10-23(30-3)15-25(19)32-5/h7-10,12-15H,6,11,16-17H2,1-5H3/b20-12+,21-13+. The molecular weight excluding hydrogens is 406 g/mol. The third-order valence-corrected chi connectivity index (χ3v) is 5.45. The zero-order chi connectivity index (χ0) is 23.1. The molecule has 32 heavy (non-hydrogen) atoms. The molecule has 0 saturated carbocycles. The average molecular weight is 438 g/mol. The van der Waals surface area contributed by atoms with Gasteiger partial charge in [-0.3, -0.25) is 9.69 Å². The Morgan fingerprint density at radius 3 is 1.62 bits per heavy atom. The summed E-state index contributed by atoms with van der Waals surface area (Å²) in [6.07, 6.45) is 4.84. The summed E-state index contributed by atoms with van der Waals surface area (Å²) < 4.78 is 21.6. The molecule has 1 heterocycles. The number of carbonyl (C=O) groups is 1. The number of likely N-dealkylation sites (tertiary alicyclic amines) is 1. The summed E-state index contributed by atoms with van der Waals surface area (Å²) in [4.78, 5) is 15.7. The second-order valence-electron chi connectivity index (χ2n) is 7.59. The Bertz CT molecular complexity index is 947. The van der Waals surface area contributed by atoms with Crippen molar-refractivity contribution in [1.29, 1.82) is 0 Å². The Labute approximate surface area is 190 Å². The zero-order valence-corrected chi connectivity index (χ0v) is 19.4. The van der Waals surface area contributed by atoms with Gasteiger partial charge in [-0.05, 0) is 49.4 Å². The molecule has 2 aromatic carbocycles. The molecule has 6 nitrogen and oxygen atoms in total. The monoisotopic (exact) mass is 437 g/mol. The average Bonchev–Trinajstić information content (AvgIpc) is 2.82. The first-order valence-corrected chi connectivity index (χ1v) is 10.6. The van der Waals surface area contributed by atoms with E-state index in [9.17, 15) is 4.79 Å². The van der Waals surface area contributed by atoms with Crippen LogP contribution in [0.4, 0.5) is 0 Å². The molecule has 0 aromatic heterocycles. The molecule has 1 aliphatic rings. The Kier molecular flexibility index (Phi) is 7.95. The summed E-state index contributed by atoms with van der Waals surface area (Å²) in [5.41, 5.74) is 3.14. The minimum absolute atomic E-state index is 0.0353. The number of carbonyl (C=O) groups excluding carboxylic acids is 1. The van der Waals surface area contributed by atoms with Crippen molar-refractivity contribution in [2.75, 3.05) is 48.1 Å². The van der Waals surface area contributed by atoms with E-state index in [1.807, 2.05) is 48.6 Å². The lowest BCUT2D eigenvalue weighted by atomic mass is 9.93. The maximum absolute atomic E-state index is 13.4. The van der Waals surface area contributed by atoms with Gasteiger partial charge in [0.25, 0.3) is 0 Å². The number of methoxy groups -OCH3 is 4. The van der Waals surface area contributed by atoms with Crippen LogP contribution in [0.5, 0.6) is 23.0 Å². The van der Waals surface area contributed by atoms with E-state index in [2.05, 4.69) is 11.8 Å². The van der Waals surface area contributed by atoms with Crippen LogP contribution in [-0.4, -0.2) is 58.8 Å². The van der Waals surface area contributed by atoms with Gasteiger partial charge >= 0.3 is 0 Å². The van der Waals surface area contributed by atoms with Gasteiger partial charge in [0.2, 0.25) is 0 Å². The Morgan fingerprint density at radius 2 is 1.25 bits per heavy atom. The molecule has 1 saturated heterocycles. The third-order valence-electron chi connectivity index (χ3n) is 5.45. The number of rotatable bonds is 8. The molecule has 0 amide bonds. The van der Waals surface area contributed by atoms with Crippen molar-refractivity contribution in [3.05, 3.63) is 58.7 Å². The highest BCUT2D eigenvalue weighted by atomic mass is 16.5. The lowest BCUT2D eigenvalue weighted by Gasteiger charge is -2.29. The Morgan fingerprint density at radius 1 is 0.781 bits per heavy atom. The van der Waals surface area contributed by atoms with E-state index in [4.69, 9.17) is 18.9 Å². The van der Waals surface area contributed by atoms with Crippen LogP contribution in [-0.2, 0) is 4.79 Å². The van der Waals surface area contributed by atoms with E-state index >= 15 is 0 Å². The molecule has 1 aliphatic heterocycles. The first-order valence-electron chi connectivity index (χ1n) is 10.6. The fourth-order valence-electron chi connectivity index (χ4n) is 3.84. The number of ether oxygens (including phenoxy) is 4. The smallest absolute Gasteiger partial charge is 0.187 e. The molecule has 0 bridgehead atoms. The van der Waals surface area contributed by atoms with Crippen LogP contribution in [0, 0.1) is 0 Å². The molecule has 2 aromatic rings. The minimum Gasteiger partial charge on any atom is -0.497 e. The van der Waals surface area contributed by atoms with Gasteiger partial charge in [-0.15, -0.1) is 0 Å². The second-order valence-corrected chi connectivity index (χ2v) is 7.59. The van der Waals surface area contributed by atoms with Crippen molar-refractivity contribution in [2.45, 2.75) is 13.3 Å². The second kappa shape index (κ2) is 10.9. The summed E-state index contributed by atoms with van der Waals surface area (Å²) in [7, 11) is 6.46. The van der Waals surface area contributed by atoms with Gasteiger partial charge in [-0.1, -0.05) is 6.92 Å². The molecule has 0 N–H and O–H groups in total. The molecule has 0 spiro atoms. The molecule has 6 heteroatoms.